The van der Waals surface area contributed by atoms with Crippen LogP contribution in [-0.2, 0) is 0 Å². The average molecular weight is 483 g/mol. The molecule has 0 saturated carbocycles. The molecule has 0 spiro atoms. The fourth-order valence-corrected chi connectivity index (χ4v) is 5.70. The first kappa shape index (κ1) is 24.4. The van der Waals surface area contributed by atoms with E-state index in [0.29, 0.717) is 29.8 Å². The van der Waals surface area contributed by atoms with E-state index in [0.717, 1.165) is 54.3 Å². The zero-order valence-electron chi connectivity index (χ0n) is 20.2. The van der Waals surface area contributed by atoms with Gasteiger partial charge in [0.2, 0.25) is 0 Å². The number of carbonyl (C=O) groups is 2. The second-order valence-corrected chi connectivity index (χ2v) is 10.3. The molecule has 2 bridgehead atoms. The molecule has 2 fully saturated rings. The lowest BCUT2D eigenvalue weighted by Crippen LogP contribution is -2.50. The Hall–Kier alpha value is -2.74. The monoisotopic (exact) mass is 482 g/mol. The van der Waals surface area contributed by atoms with E-state index in [2.05, 4.69) is 27.4 Å². The van der Waals surface area contributed by atoms with Gasteiger partial charge in [-0.25, -0.2) is 4.98 Å². The zero-order valence-corrected chi connectivity index (χ0v) is 21.0. The lowest BCUT2D eigenvalue weighted by molar-refractivity contribution is 0.0924. The lowest BCUT2D eigenvalue weighted by atomic mass is 9.96. The summed E-state index contributed by atoms with van der Waals surface area (Å²) < 4.78 is 5.37. The summed E-state index contributed by atoms with van der Waals surface area (Å²) in [6.45, 7) is 4.69. The summed E-state index contributed by atoms with van der Waals surface area (Å²) in [5.74, 6) is 3.49. The number of aromatic nitrogens is 1. The molecular weight excluding hydrogens is 448 g/mol. The van der Waals surface area contributed by atoms with Crippen LogP contribution in [0.1, 0.15) is 58.9 Å². The third-order valence-electron chi connectivity index (χ3n) is 6.83. The molecule has 1 unspecified atom stereocenters. The van der Waals surface area contributed by atoms with Crippen molar-refractivity contribution >= 4 is 29.4 Å². The summed E-state index contributed by atoms with van der Waals surface area (Å²) in [4.78, 5) is 32.3. The van der Waals surface area contributed by atoms with Gasteiger partial charge >= 0.3 is 0 Å². The van der Waals surface area contributed by atoms with Crippen LogP contribution in [0.2, 0.25) is 0 Å². The molecule has 7 nitrogen and oxygen atoms in total. The second-order valence-electron chi connectivity index (χ2n) is 8.92. The van der Waals surface area contributed by atoms with E-state index in [1.54, 1.807) is 13.3 Å². The van der Waals surface area contributed by atoms with Gasteiger partial charge in [0, 0.05) is 47.7 Å². The highest BCUT2D eigenvalue weighted by molar-refractivity contribution is 7.99. The number of carbonyl (C=O) groups excluding carboxylic acids is 2. The number of nitrogens with one attached hydrogen (secondary N) is 2. The summed E-state index contributed by atoms with van der Waals surface area (Å²) in [5, 5.41) is 6.21. The van der Waals surface area contributed by atoms with Crippen molar-refractivity contribution < 1.29 is 14.3 Å². The third kappa shape index (κ3) is 5.32. The standard InChI is InChI=1S/C26H34N4O3S/c1-4-34-13-12-27-25(31)18-8-11-24(28-16-18)30-20-9-10-21(30)15-19(14-20)29-26(32)22-6-5-7-23(33-3)17(22)2/h5-8,11,16,19-21H,4,9-10,12-15H2,1-3H3,(H,27,31)(H,29,32)/t19?,20-,21+. The Balaban J connectivity index is 1.36. The first-order valence-corrected chi connectivity index (χ1v) is 13.2. The highest BCUT2D eigenvalue weighted by Crippen LogP contribution is 2.38. The highest BCUT2D eigenvalue weighted by atomic mass is 32.2. The molecule has 2 aliphatic rings. The summed E-state index contributed by atoms with van der Waals surface area (Å²) in [7, 11) is 1.62. The van der Waals surface area contributed by atoms with Gasteiger partial charge in [-0.05, 0) is 62.6 Å². The number of thioether (sulfide) groups is 1. The number of amides is 2. The van der Waals surface area contributed by atoms with E-state index >= 15 is 0 Å². The minimum atomic E-state index is -0.0759. The molecule has 1 aromatic heterocycles. The maximum absolute atomic E-state index is 13.0. The SMILES string of the molecule is CCSCCNC(=O)c1ccc(N2[C@@H]3CC[C@H]2CC(NC(=O)c2cccc(OC)c2C)C3)nc1. The summed E-state index contributed by atoms with van der Waals surface area (Å²) in [6.07, 6.45) is 5.65. The highest BCUT2D eigenvalue weighted by Gasteiger charge is 2.41. The minimum Gasteiger partial charge on any atom is -0.496 e. The van der Waals surface area contributed by atoms with Crippen LogP contribution in [0.4, 0.5) is 5.82 Å². The van der Waals surface area contributed by atoms with Crippen molar-refractivity contribution in [3.63, 3.8) is 0 Å². The van der Waals surface area contributed by atoms with Crippen molar-refractivity contribution in [1.29, 1.82) is 0 Å². The van der Waals surface area contributed by atoms with Crippen LogP contribution in [0.5, 0.6) is 5.75 Å². The lowest BCUT2D eigenvalue weighted by Gasteiger charge is -2.40. The maximum Gasteiger partial charge on any atom is 0.252 e. The average Bonchev–Trinajstić information content (AvgIpc) is 3.12. The molecule has 0 radical (unpaired) electrons. The van der Waals surface area contributed by atoms with Crippen molar-refractivity contribution in [2.24, 2.45) is 0 Å². The summed E-state index contributed by atoms with van der Waals surface area (Å²) >= 11 is 1.81. The van der Waals surface area contributed by atoms with Gasteiger partial charge in [-0.15, -0.1) is 0 Å². The van der Waals surface area contributed by atoms with Crippen LogP contribution in [0.3, 0.4) is 0 Å². The molecule has 4 rings (SSSR count). The van der Waals surface area contributed by atoms with Crippen LogP contribution in [0.25, 0.3) is 0 Å². The zero-order chi connectivity index (χ0) is 24.1. The van der Waals surface area contributed by atoms with Crippen LogP contribution in [0, 0.1) is 6.92 Å². The Labute approximate surface area is 206 Å². The van der Waals surface area contributed by atoms with Crippen LogP contribution in [-0.4, -0.2) is 60.1 Å². The van der Waals surface area contributed by atoms with Gasteiger partial charge in [0.25, 0.3) is 11.8 Å². The van der Waals surface area contributed by atoms with E-state index in [1.165, 1.54) is 0 Å². The predicted molar refractivity (Wildman–Crippen MR) is 137 cm³/mol. The molecule has 8 heteroatoms. The van der Waals surface area contributed by atoms with E-state index in [1.807, 2.05) is 49.0 Å². The smallest absolute Gasteiger partial charge is 0.252 e. The largest absolute Gasteiger partial charge is 0.496 e. The molecular formula is C26H34N4O3S. The van der Waals surface area contributed by atoms with Crippen LogP contribution >= 0.6 is 11.8 Å². The van der Waals surface area contributed by atoms with Gasteiger partial charge in [0.15, 0.2) is 0 Å². The summed E-state index contributed by atoms with van der Waals surface area (Å²) in [6, 6.07) is 10.2. The number of rotatable bonds is 9. The number of methoxy groups -OCH3 is 1. The summed E-state index contributed by atoms with van der Waals surface area (Å²) in [5.41, 5.74) is 2.12. The van der Waals surface area contributed by atoms with Gasteiger partial charge in [-0.3, -0.25) is 9.59 Å². The molecule has 1 aromatic carbocycles. The first-order valence-electron chi connectivity index (χ1n) is 12.1. The normalized spacial score (nSPS) is 21.3. The van der Waals surface area contributed by atoms with Crippen molar-refractivity contribution in [2.45, 2.75) is 57.7 Å². The predicted octanol–water partition coefficient (Wildman–Crippen LogP) is 3.81. The van der Waals surface area contributed by atoms with Crippen molar-refractivity contribution in [2.75, 3.05) is 30.1 Å². The fraction of sp³-hybridized carbons (Fsp3) is 0.500. The number of anilines is 1. The molecule has 2 saturated heterocycles. The number of fused-ring (bicyclic) bond motifs is 2. The number of pyridine rings is 1. The molecule has 2 N–H and O–H groups in total. The molecule has 2 amide bonds. The van der Waals surface area contributed by atoms with Crippen molar-refractivity contribution in [3.05, 3.63) is 53.2 Å². The Morgan fingerprint density at radius 1 is 1.15 bits per heavy atom. The maximum atomic E-state index is 13.0. The second kappa shape index (κ2) is 11.1. The first-order chi connectivity index (χ1) is 16.5. The Kier molecular flexibility index (Phi) is 7.98. The van der Waals surface area contributed by atoms with Crippen LogP contribution in [0.15, 0.2) is 36.5 Å². The van der Waals surface area contributed by atoms with Crippen molar-refractivity contribution in [3.8, 4) is 5.75 Å². The third-order valence-corrected chi connectivity index (χ3v) is 7.73. The number of benzene rings is 1. The number of nitrogens with zero attached hydrogens (tertiary/aromatic N) is 2. The number of ether oxygens (including phenoxy) is 1. The van der Waals surface area contributed by atoms with Gasteiger partial charge in [-0.1, -0.05) is 13.0 Å². The van der Waals surface area contributed by atoms with Gasteiger partial charge in [-0.2, -0.15) is 11.8 Å². The Morgan fingerprint density at radius 2 is 1.91 bits per heavy atom. The molecule has 2 aliphatic heterocycles. The quantitative estimate of drug-likeness (QED) is 0.529. The van der Waals surface area contributed by atoms with Crippen LogP contribution < -0.4 is 20.3 Å². The van der Waals surface area contributed by atoms with Gasteiger partial charge in [0.05, 0.1) is 12.7 Å². The molecule has 3 heterocycles. The topological polar surface area (TPSA) is 83.6 Å². The van der Waals surface area contributed by atoms with Crippen molar-refractivity contribution in [1.82, 2.24) is 15.6 Å². The minimum absolute atomic E-state index is 0.0416. The molecule has 0 aliphatic carbocycles. The fourth-order valence-electron chi connectivity index (χ4n) is 5.17. The van der Waals surface area contributed by atoms with Gasteiger partial charge < -0.3 is 20.3 Å². The van der Waals surface area contributed by atoms with E-state index in [4.69, 9.17) is 4.74 Å². The number of piperidine rings is 1. The molecule has 2 aromatic rings. The van der Waals surface area contributed by atoms with E-state index in [9.17, 15) is 9.59 Å². The molecule has 182 valence electrons. The number of hydrogen-bond donors (Lipinski definition) is 2. The Morgan fingerprint density at radius 3 is 2.56 bits per heavy atom. The van der Waals surface area contributed by atoms with E-state index < -0.39 is 0 Å². The number of hydrogen-bond acceptors (Lipinski definition) is 6. The Bertz CT molecular complexity index is 1000. The van der Waals surface area contributed by atoms with Gasteiger partial charge in [0.1, 0.15) is 11.6 Å². The molecule has 34 heavy (non-hydrogen) atoms. The molecule has 3 atom stereocenters. The van der Waals surface area contributed by atoms with E-state index in [-0.39, 0.29) is 17.9 Å².